The molecule has 2 amide bonds. The minimum absolute atomic E-state index is 0.00351. The number of hydrogen-bond donors (Lipinski definition) is 1. The summed E-state index contributed by atoms with van der Waals surface area (Å²) in [5, 5.41) is 3.56. The summed E-state index contributed by atoms with van der Waals surface area (Å²) in [6.45, 7) is 9.32. The van der Waals surface area contributed by atoms with Gasteiger partial charge in [-0.1, -0.05) is 25.4 Å². The minimum Gasteiger partial charge on any atom is -0.368 e. The van der Waals surface area contributed by atoms with Crippen molar-refractivity contribution in [3.63, 3.8) is 0 Å². The van der Waals surface area contributed by atoms with E-state index in [1.54, 1.807) is 7.05 Å². The molecular weight excluding hydrogens is 400 g/mol. The van der Waals surface area contributed by atoms with Crippen LogP contribution in [0.1, 0.15) is 26.7 Å². The van der Waals surface area contributed by atoms with Crippen LogP contribution in [0.4, 0.5) is 5.69 Å². The quantitative estimate of drug-likeness (QED) is 0.776. The van der Waals surface area contributed by atoms with E-state index in [0.717, 1.165) is 62.8 Å². The number of nitrogens with zero attached hydrogens (tertiary/aromatic N) is 3. The van der Waals surface area contributed by atoms with Crippen molar-refractivity contribution in [3.8, 4) is 0 Å². The van der Waals surface area contributed by atoms with Gasteiger partial charge in [0, 0.05) is 62.9 Å². The van der Waals surface area contributed by atoms with Crippen molar-refractivity contribution in [2.45, 2.75) is 32.7 Å². The number of likely N-dealkylation sites (tertiary alicyclic amines) is 1. The van der Waals surface area contributed by atoms with Crippen LogP contribution in [-0.4, -0.2) is 74.0 Å². The fourth-order valence-corrected chi connectivity index (χ4v) is 5.46. The summed E-state index contributed by atoms with van der Waals surface area (Å²) >= 11 is 5.99. The third-order valence-corrected chi connectivity index (χ3v) is 7.23. The largest absolute Gasteiger partial charge is 0.368 e. The Morgan fingerprint density at radius 2 is 1.80 bits per heavy atom. The number of carbonyl (C=O) groups excluding carboxylic acids is 2. The van der Waals surface area contributed by atoms with Crippen molar-refractivity contribution in [1.29, 1.82) is 0 Å². The van der Waals surface area contributed by atoms with Gasteiger partial charge in [-0.2, -0.15) is 0 Å². The van der Waals surface area contributed by atoms with Crippen molar-refractivity contribution in [3.05, 3.63) is 29.3 Å². The molecule has 4 rings (SSSR count). The van der Waals surface area contributed by atoms with E-state index in [0.29, 0.717) is 5.92 Å². The Bertz CT molecular complexity index is 791. The van der Waals surface area contributed by atoms with E-state index in [4.69, 9.17) is 11.6 Å². The molecule has 3 aliphatic rings. The molecule has 0 radical (unpaired) electrons. The maximum absolute atomic E-state index is 13.3. The smallest absolute Gasteiger partial charge is 0.237 e. The number of halogens is 1. The van der Waals surface area contributed by atoms with E-state index < -0.39 is 0 Å². The summed E-state index contributed by atoms with van der Waals surface area (Å²) in [5.41, 5.74) is 1.15. The standard InChI is InChI=1S/C23H33ClN4O2/c1-16(2)14-28-15-23(13-20(28)21(29)25-3)12-19(23)22(30)27-10-8-26(9-11-27)18-6-4-17(24)5-7-18/h4-7,16,19-20H,8-15H2,1-3H3,(H,25,29)/t19-,20+,23+/m1/s1. The number of benzene rings is 1. The third-order valence-electron chi connectivity index (χ3n) is 6.98. The molecule has 6 nitrogen and oxygen atoms in total. The van der Waals surface area contributed by atoms with Crippen molar-refractivity contribution >= 4 is 29.1 Å². The molecule has 3 fully saturated rings. The molecule has 2 heterocycles. The molecular formula is C23H33ClN4O2. The zero-order valence-electron chi connectivity index (χ0n) is 18.2. The fraction of sp³-hybridized carbons (Fsp3) is 0.652. The molecule has 7 heteroatoms. The highest BCUT2D eigenvalue weighted by Gasteiger charge is 2.64. The molecule has 0 aromatic heterocycles. The van der Waals surface area contributed by atoms with E-state index in [1.807, 2.05) is 29.2 Å². The van der Waals surface area contributed by atoms with Crippen LogP contribution in [-0.2, 0) is 9.59 Å². The molecule has 0 bridgehead atoms. The van der Waals surface area contributed by atoms with Gasteiger partial charge in [-0.3, -0.25) is 14.5 Å². The summed E-state index contributed by atoms with van der Waals surface area (Å²) in [5.74, 6) is 0.945. The second kappa shape index (κ2) is 8.39. The number of carbonyl (C=O) groups is 2. The highest BCUT2D eigenvalue weighted by Crippen LogP contribution is 2.60. The van der Waals surface area contributed by atoms with Crippen LogP contribution in [0.25, 0.3) is 0 Å². The lowest BCUT2D eigenvalue weighted by molar-refractivity contribution is -0.133. The molecule has 2 saturated heterocycles. The lowest BCUT2D eigenvalue weighted by atomic mass is 9.98. The number of rotatable bonds is 5. The Hall–Kier alpha value is -1.79. The average molecular weight is 433 g/mol. The van der Waals surface area contributed by atoms with Crippen LogP contribution >= 0.6 is 11.6 Å². The first-order valence-electron chi connectivity index (χ1n) is 11.1. The fourth-order valence-electron chi connectivity index (χ4n) is 5.33. The lowest BCUT2D eigenvalue weighted by Gasteiger charge is -2.36. The van der Waals surface area contributed by atoms with Crippen LogP contribution in [0, 0.1) is 17.3 Å². The Morgan fingerprint density at radius 1 is 1.13 bits per heavy atom. The predicted molar refractivity (Wildman–Crippen MR) is 120 cm³/mol. The summed E-state index contributed by atoms with van der Waals surface area (Å²) in [6, 6.07) is 7.80. The highest BCUT2D eigenvalue weighted by atomic mass is 35.5. The van der Waals surface area contributed by atoms with Crippen molar-refractivity contribution in [2.24, 2.45) is 17.3 Å². The zero-order chi connectivity index (χ0) is 21.5. The molecule has 164 valence electrons. The minimum atomic E-state index is -0.100. The van der Waals surface area contributed by atoms with Gasteiger partial charge in [-0.15, -0.1) is 0 Å². The van der Waals surface area contributed by atoms with E-state index in [2.05, 4.69) is 29.0 Å². The van der Waals surface area contributed by atoms with Crippen LogP contribution in [0.2, 0.25) is 5.02 Å². The Morgan fingerprint density at radius 3 is 2.40 bits per heavy atom. The van der Waals surface area contributed by atoms with E-state index in [-0.39, 0.29) is 29.2 Å². The monoisotopic (exact) mass is 432 g/mol. The molecule has 30 heavy (non-hydrogen) atoms. The molecule has 1 N–H and O–H groups in total. The van der Waals surface area contributed by atoms with Gasteiger partial charge in [-0.05, 0) is 48.4 Å². The van der Waals surface area contributed by atoms with Gasteiger partial charge >= 0.3 is 0 Å². The second-order valence-corrected chi connectivity index (χ2v) is 10.0. The lowest BCUT2D eigenvalue weighted by Crippen LogP contribution is -2.49. The molecule has 1 aromatic carbocycles. The van der Waals surface area contributed by atoms with Gasteiger partial charge < -0.3 is 15.1 Å². The first-order chi connectivity index (χ1) is 14.3. The number of likely N-dealkylation sites (N-methyl/N-ethyl adjacent to an activating group) is 1. The molecule has 1 aliphatic carbocycles. The van der Waals surface area contributed by atoms with Gasteiger partial charge in [0.05, 0.1) is 6.04 Å². The highest BCUT2D eigenvalue weighted by molar-refractivity contribution is 6.30. The molecule has 2 aliphatic heterocycles. The first-order valence-corrected chi connectivity index (χ1v) is 11.5. The Kier molecular flexibility index (Phi) is 5.99. The van der Waals surface area contributed by atoms with Gasteiger partial charge in [0.1, 0.15) is 0 Å². The van der Waals surface area contributed by atoms with Crippen molar-refractivity contribution < 1.29 is 9.59 Å². The summed E-state index contributed by atoms with van der Waals surface area (Å²) in [6.07, 6.45) is 1.73. The number of piperazine rings is 1. The zero-order valence-corrected chi connectivity index (χ0v) is 19.0. The van der Waals surface area contributed by atoms with E-state index >= 15 is 0 Å². The van der Waals surface area contributed by atoms with Gasteiger partial charge in [-0.25, -0.2) is 0 Å². The number of hydrogen-bond acceptors (Lipinski definition) is 4. The molecule has 1 saturated carbocycles. The van der Waals surface area contributed by atoms with E-state index in [1.165, 1.54) is 0 Å². The SMILES string of the molecule is CNC(=O)[C@@H]1C[C@@]2(C[C@@H]2C(=O)N2CCN(c3ccc(Cl)cc3)CC2)CN1CC(C)C. The second-order valence-electron chi connectivity index (χ2n) is 9.57. The number of anilines is 1. The molecule has 0 unspecified atom stereocenters. The Balaban J connectivity index is 1.35. The molecule has 1 spiro atoms. The van der Waals surface area contributed by atoms with Crippen LogP contribution in [0.15, 0.2) is 24.3 Å². The topological polar surface area (TPSA) is 55.9 Å². The predicted octanol–water partition coefficient (Wildman–Crippen LogP) is 2.47. The third kappa shape index (κ3) is 4.17. The molecule has 3 atom stereocenters. The Labute approximate surface area is 184 Å². The van der Waals surface area contributed by atoms with Crippen molar-refractivity contribution in [2.75, 3.05) is 51.2 Å². The maximum Gasteiger partial charge on any atom is 0.237 e. The molecule has 1 aromatic rings. The van der Waals surface area contributed by atoms with Crippen LogP contribution in [0.5, 0.6) is 0 Å². The summed E-state index contributed by atoms with van der Waals surface area (Å²) < 4.78 is 0. The van der Waals surface area contributed by atoms with Crippen molar-refractivity contribution in [1.82, 2.24) is 15.1 Å². The number of amides is 2. The summed E-state index contributed by atoms with van der Waals surface area (Å²) in [4.78, 5) is 32.3. The average Bonchev–Trinajstić information content (AvgIpc) is 3.32. The first kappa shape index (κ1) is 21.4. The summed E-state index contributed by atoms with van der Waals surface area (Å²) in [7, 11) is 1.70. The number of nitrogens with one attached hydrogen (secondary N) is 1. The van der Waals surface area contributed by atoms with Gasteiger partial charge in [0.25, 0.3) is 0 Å². The van der Waals surface area contributed by atoms with Gasteiger partial charge in [0.2, 0.25) is 11.8 Å². The van der Waals surface area contributed by atoms with E-state index in [9.17, 15) is 9.59 Å². The maximum atomic E-state index is 13.3. The van der Waals surface area contributed by atoms with Gasteiger partial charge in [0.15, 0.2) is 0 Å². The van der Waals surface area contributed by atoms with Crippen LogP contribution < -0.4 is 10.2 Å². The normalized spacial score (nSPS) is 29.0. The van der Waals surface area contributed by atoms with Crippen LogP contribution in [0.3, 0.4) is 0 Å².